The maximum absolute atomic E-state index is 11.4. The van der Waals surface area contributed by atoms with Gasteiger partial charge < -0.3 is 10.0 Å². The summed E-state index contributed by atoms with van der Waals surface area (Å²) in [5, 5.41) is 22.3. The molecule has 0 radical (unpaired) electrons. The summed E-state index contributed by atoms with van der Waals surface area (Å²) in [7, 11) is 0. The zero-order valence-corrected chi connectivity index (χ0v) is 12.3. The van der Waals surface area contributed by atoms with E-state index in [1.807, 2.05) is 41.3 Å². The Morgan fingerprint density at radius 2 is 1.96 bits per heavy atom. The summed E-state index contributed by atoms with van der Waals surface area (Å²) in [6.07, 6.45) is 1.49. The summed E-state index contributed by atoms with van der Waals surface area (Å²) >= 11 is 0. The molecular formula is C16H15N5O2. The van der Waals surface area contributed by atoms with Crippen molar-refractivity contribution in [3.63, 3.8) is 0 Å². The Hall–Kier alpha value is -2.96. The third kappa shape index (κ3) is 2.30. The van der Waals surface area contributed by atoms with E-state index in [1.54, 1.807) is 10.6 Å². The van der Waals surface area contributed by atoms with Gasteiger partial charge in [0.15, 0.2) is 11.5 Å². The van der Waals surface area contributed by atoms with E-state index in [0.29, 0.717) is 30.3 Å². The van der Waals surface area contributed by atoms with Gasteiger partial charge in [0.1, 0.15) is 11.9 Å². The van der Waals surface area contributed by atoms with Crippen molar-refractivity contribution in [1.82, 2.24) is 19.8 Å². The largest absolute Gasteiger partial charge is 0.480 e. The minimum Gasteiger partial charge on any atom is -0.480 e. The molecule has 0 aliphatic carbocycles. The van der Waals surface area contributed by atoms with Crippen LogP contribution < -0.4 is 4.90 Å². The van der Waals surface area contributed by atoms with Gasteiger partial charge in [-0.25, -0.2) is 4.79 Å². The molecule has 1 aliphatic heterocycles. The number of carboxylic acids is 1. The van der Waals surface area contributed by atoms with E-state index in [2.05, 4.69) is 15.3 Å². The molecule has 0 amide bonds. The molecule has 0 saturated carbocycles. The van der Waals surface area contributed by atoms with Crippen LogP contribution in [0.15, 0.2) is 42.5 Å². The molecule has 0 unspecified atom stereocenters. The molecule has 1 atom stereocenters. The van der Waals surface area contributed by atoms with Crippen molar-refractivity contribution in [2.24, 2.45) is 0 Å². The number of fused-ring (bicyclic) bond motifs is 1. The molecule has 1 N–H and O–H groups in total. The van der Waals surface area contributed by atoms with Gasteiger partial charge in [-0.05, 0) is 25.0 Å². The lowest BCUT2D eigenvalue weighted by molar-refractivity contribution is -0.138. The van der Waals surface area contributed by atoms with Gasteiger partial charge in [-0.15, -0.1) is 15.3 Å². The molecular weight excluding hydrogens is 294 g/mol. The maximum Gasteiger partial charge on any atom is 0.326 e. The molecule has 2 aromatic heterocycles. The number of nitrogens with zero attached hydrogens (tertiary/aromatic N) is 5. The van der Waals surface area contributed by atoms with E-state index in [-0.39, 0.29) is 0 Å². The van der Waals surface area contributed by atoms with Crippen molar-refractivity contribution in [3.05, 3.63) is 42.5 Å². The number of benzene rings is 1. The maximum atomic E-state index is 11.4. The first kappa shape index (κ1) is 13.7. The first-order chi connectivity index (χ1) is 11.2. The van der Waals surface area contributed by atoms with Crippen LogP contribution in [0.3, 0.4) is 0 Å². The number of carboxylic acid groups (broad SMARTS) is 1. The van der Waals surface area contributed by atoms with Crippen LogP contribution >= 0.6 is 0 Å². The zero-order valence-electron chi connectivity index (χ0n) is 12.3. The number of carbonyl (C=O) groups is 1. The minimum absolute atomic E-state index is 0.517. The number of hydrogen-bond donors (Lipinski definition) is 1. The van der Waals surface area contributed by atoms with Crippen LogP contribution in [0, 0.1) is 0 Å². The summed E-state index contributed by atoms with van der Waals surface area (Å²) in [6.45, 7) is 0.693. The Morgan fingerprint density at radius 1 is 1.13 bits per heavy atom. The topological polar surface area (TPSA) is 83.6 Å². The number of hydrogen-bond acceptors (Lipinski definition) is 5. The predicted octanol–water partition coefficient (Wildman–Crippen LogP) is 1.84. The number of aromatic nitrogens is 4. The standard InChI is InChI=1S/C16H15N5O2/c22-16(23)12-7-4-10-20(12)14-9-8-13-17-18-15(21(13)19-14)11-5-2-1-3-6-11/h1-3,5-6,8-9,12H,4,7,10H2,(H,22,23)/t12-/m1/s1. The molecule has 23 heavy (non-hydrogen) atoms. The van der Waals surface area contributed by atoms with Crippen LogP contribution in [0.2, 0.25) is 0 Å². The van der Waals surface area contributed by atoms with E-state index < -0.39 is 12.0 Å². The fourth-order valence-electron chi connectivity index (χ4n) is 3.00. The van der Waals surface area contributed by atoms with Crippen molar-refractivity contribution in [2.45, 2.75) is 18.9 Å². The molecule has 4 rings (SSSR count). The highest BCUT2D eigenvalue weighted by Gasteiger charge is 2.31. The summed E-state index contributed by atoms with van der Waals surface area (Å²) in [6, 6.07) is 12.8. The fraction of sp³-hybridized carbons (Fsp3) is 0.250. The van der Waals surface area contributed by atoms with Crippen LogP contribution in [0.25, 0.3) is 17.0 Å². The summed E-state index contributed by atoms with van der Waals surface area (Å²) in [5.74, 6) is 0.476. The Labute approximate surface area is 132 Å². The molecule has 3 aromatic rings. The minimum atomic E-state index is -0.809. The Balaban J connectivity index is 1.80. The first-order valence-corrected chi connectivity index (χ1v) is 7.51. The number of aliphatic carboxylic acids is 1. The highest BCUT2D eigenvalue weighted by molar-refractivity contribution is 5.78. The second-order valence-corrected chi connectivity index (χ2v) is 5.54. The molecule has 0 bridgehead atoms. The average Bonchev–Trinajstić information content (AvgIpc) is 3.22. The van der Waals surface area contributed by atoms with Crippen molar-refractivity contribution in [1.29, 1.82) is 0 Å². The van der Waals surface area contributed by atoms with Crippen molar-refractivity contribution in [3.8, 4) is 11.4 Å². The molecule has 7 nitrogen and oxygen atoms in total. The van der Waals surface area contributed by atoms with Crippen LogP contribution in [0.1, 0.15) is 12.8 Å². The normalized spacial score (nSPS) is 17.7. The summed E-state index contributed by atoms with van der Waals surface area (Å²) < 4.78 is 1.67. The van der Waals surface area contributed by atoms with Gasteiger partial charge in [-0.1, -0.05) is 30.3 Å². The van der Waals surface area contributed by atoms with Gasteiger partial charge in [0.2, 0.25) is 0 Å². The summed E-state index contributed by atoms with van der Waals surface area (Å²) in [4.78, 5) is 13.2. The van der Waals surface area contributed by atoms with Gasteiger partial charge >= 0.3 is 5.97 Å². The second-order valence-electron chi connectivity index (χ2n) is 5.54. The molecule has 1 fully saturated rings. The van der Waals surface area contributed by atoms with Crippen LogP contribution in [0.4, 0.5) is 5.82 Å². The Bertz CT molecular complexity index is 861. The summed E-state index contributed by atoms with van der Waals surface area (Å²) in [5.41, 5.74) is 1.56. The first-order valence-electron chi connectivity index (χ1n) is 7.51. The number of rotatable bonds is 3. The second kappa shape index (κ2) is 5.35. The molecule has 1 aliphatic rings. The smallest absolute Gasteiger partial charge is 0.326 e. The van der Waals surface area contributed by atoms with E-state index in [1.165, 1.54) is 0 Å². The lowest BCUT2D eigenvalue weighted by Gasteiger charge is -2.22. The van der Waals surface area contributed by atoms with E-state index in [4.69, 9.17) is 0 Å². The molecule has 3 heterocycles. The number of anilines is 1. The van der Waals surface area contributed by atoms with E-state index in [9.17, 15) is 9.90 Å². The van der Waals surface area contributed by atoms with Gasteiger partial charge in [0.05, 0.1) is 0 Å². The molecule has 116 valence electrons. The van der Waals surface area contributed by atoms with Gasteiger partial charge in [-0.3, -0.25) is 0 Å². The highest BCUT2D eigenvalue weighted by Crippen LogP contribution is 2.25. The predicted molar refractivity (Wildman–Crippen MR) is 84.2 cm³/mol. The fourth-order valence-corrected chi connectivity index (χ4v) is 3.00. The van der Waals surface area contributed by atoms with Crippen LogP contribution in [-0.2, 0) is 4.79 Å². The monoisotopic (exact) mass is 309 g/mol. The van der Waals surface area contributed by atoms with Crippen molar-refractivity contribution < 1.29 is 9.90 Å². The molecule has 0 spiro atoms. The molecule has 1 aromatic carbocycles. The average molecular weight is 309 g/mol. The van der Waals surface area contributed by atoms with E-state index in [0.717, 1.165) is 12.0 Å². The molecule has 7 heteroatoms. The Kier molecular flexibility index (Phi) is 3.18. The van der Waals surface area contributed by atoms with Crippen LogP contribution in [-0.4, -0.2) is 43.5 Å². The lowest BCUT2D eigenvalue weighted by Crippen LogP contribution is -2.36. The lowest BCUT2D eigenvalue weighted by atomic mass is 10.2. The van der Waals surface area contributed by atoms with Crippen LogP contribution in [0.5, 0.6) is 0 Å². The molecule has 1 saturated heterocycles. The zero-order chi connectivity index (χ0) is 15.8. The van der Waals surface area contributed by atoms with E-state index >= 15 is 0 Å². The van der Waals surface area contributed by atoms with Crippen molar-refractivity contribution in [2.75, 3.05) is 11.4 Å². The third-order valence-corrected chi connectivity index (χ3v) is 4.11. The Morgan fingerprint density at radius 3 is 2.74 bits per heavy atom. The van der Waals surface area contributed by atoms with Gasteiger partial charge in [-0.2, -0.15) is 4.52 Å². The quantitative estimate of drug-likeness (QED) is 0.795. The third-order valence-electron chi connectivity index (χ3n) is 4.11. The van der Waals surface area contributed by atoms with Gasteiger partial charge in [0.25, 0.3) is 0 Å². The highest BCUT2D eigenvalue weighted by atomic mass is 16.4. The van der Waals surface area contributed by atoms with Gasteiger partial charge in [0, 0.05) is 12.1 Å². The van der Waals surface area contributed by atoms with Crippen molar-refractivity contribution >= 4 is 17.4 Å². The SMILES string of the molecule is O=C(O)[C@H]1CCCN1c1ccc2nnc(-c3ccccc3)n2n1.